The average molecular weight is 140 g/mol. The van der Waals surface area contributed by atoms with Crippen molar-refractivity contribution < 1.29 is 0 Å². The van der Waals surface area contributed by atoms with Gasteiger partial charge in [-0.15, -0.1) is 0 Å². The van der Waals surface area contributed by atoms with Gasteiger partial charge in [0.15, 0.2) is 0 Å². The second-order valence-electron chi connectivity index (χ2n) is 0.304. The van der Waals surface area contributed by atoms with Gasteiger partial charge in [-0.1, -0.05) is 12.2 Å². The van der Waals surface area contributed by atoms with Crippen LogP contribution in [0, 0.1) is 0 Å². The van der Waals surface area contributed by atoms with Crippen molar-refractivity contribution in [1.82, 2.24) is 0 Å². The van der Waals surface area contributed by atoms with Crippen molar-refractivity contribution in [3.63, 3.8) is 0 Å². The van der Waals surface area contributed by atoms with E-state index >= 15 is 0 Å². The molecule has 0 saturated heterocycles. The molecule has 0 radical (unpaired) electrons. The Morgan fingerprint density at radius 2 is 2.00 bits per heavy atom. The van der Waals surface area contributed by atoms with E-state index in [0.29, 0.717) is 3.90 Å². The first-order valence-corrected chi connectivity index (χ1v) is 1.88. The molecule has 0 fully saturated rings. The molecule has 0 aromatic heterocycles. The van der Waals surface area contributed by atoms with Gasteiger partial charge in [0, 0.05) is 0 Å². The summed E-state index contributed by atoms with van der Waals surface area (Å²) < 4.78 is 0.313. The fourth-order valence-electron chi connectivity index (χ4n) is 0. The molecule has 1 nitrogen and oxygen atoms in total. The summed E-state index contributed by atoms with van der Waals surface area (Å²) in [4.78, 5) is 0. The highest BCUT2D eigenvalue weighted by atomic mass is 79.9. The lowest BCUT2D eigenvalue weighted by Crippen LogP contribution is -1.93. The van der Waals surface area contributed by atoms with Crippen molar-refractivity contribution in [2.45, 2.75) is 0 Å². The highest BCUT2D eigenvalue weighted by Crippen LogP contribution is 1.71. The summed E-state index contributed by atoms with van der Waals surface area (Å²) in [6, 6.07) is 0. The normalized spacial score (nSPS) is 6.25. The standard InChI is InChI=1S/CH2BrNS/c2-1(3)4/h(H2,3,4). The third-order valence-electron chi connectivity index (χ3n) is 0. The molecule has 0 bridgehead atoms. The van der Waals surface area contributed by atoms with Crippen LogP contribution in [0.2, 0.25) is 0 Å². The first-order valence-electron chi connectivity index (χ1n) is 0.682. The van der Waals surface area contributed by atoms with Crippen LogP contribution < -0.4 is 5.73 Å². The Bertz CT molecular complexity index is 31.0. The molecule has 3 heteroatoms. The van der Waals surface area contributed by atoms with Gasteiger partial charge in [0.05, 0.1) is 0 Å². The molecule has 2 N–H and O–H groups in total. The zero-order valence-corrected chi connectivity index (χ0v) is 4.27. The molecular formula is CH2BrNS. The lowest BCUT2D eigenvalue weighted by Gasteiger charge is -1.62. The smallest absolute Gasteiger partial charge is 0.140 e. The number of rotatable bonds is 0. The van der Waals surface area contributed by atoms with Gasteiger partial charge in [-0.25, -0.2) is 0 Å². The van der Waals surface area contributed by atoms with Crippen molar-refractivity contribution in [3.8, 4) is 0 Å². The van der Waals surface area contributed by atoms with E-state index in [1.165, 1.54) is 0 Å². The molecule has 0 aliphatic rings. The molecule has 0 amide bonds. The van der Waals surface area contributed by atoms with Crippen LogP contribution in [0.4, 0.5) is 0 Å². The molecule has 0 aromatic carbocycles. The largest absolute Gasteiger partial charge is 0.384 e. The maximum Gasteiger partial charge on any atom is 0.140 e. The van der Waals surface area contributed by atoms with Crippen LogP contribution in [0.1, 0.15) is 0 Å². The minimum absolute atomic E-state index is 0.313. The maximum absolute atomic E-state index is 4.76. The van der Waals surface area contributed by atoms with E-state index < -0.39 is 0 Å². The number of hydrogen-bond donors (Lipinski definition) is 1. The van der Waals surface area contributed by atoms with Gasteiger partial charge in [-0.3, -0.25) is 0 Å². The summed E-state index contributed by atoms with van der Waals surface area (Å²) in [5.74, 6) is 0. The molecule has 0 unspecified atom stereocenters. The van der Waals surface area contributed by atoms with Gasteiger partial charge in [0.2, 0.25) is 0 Å². The Kier molecular flexibility index (Phi) is 1.82. The van der Waals surface area contributed by atoms with Crippen LogP contribution in [-0.2, 0) is 0 Å². The molecular weight excluding hydrogens is 138 g/mol. The highest BCUT2D eigenvalue weighted by Gasteiger charge is 1.58. The van der Waals surface area contributed by atoms with Gasteiger partial charge in [0.1, 0.15) is 3.90 Å². The number of hydrogen-bond acceptors (Lipinski definition) is 1. The Morgan fingerprint density at radius 1 is 2.00 bits per heavy atom. The Hall–Kier alpha value is 0.370. The van der Waals surface area contributed by atoms with E-state index in [-0.39, 0.29) is 0 Å². The Morgan fingerprint density at radius 3 is 2.00 bits per heavy atom. The van der Waals surface area contributed by atoms with Crippen LogP contribution in [0.25, 0.3) is 0 Å². The van der Waals surface area contributed by atoms with Crippen LogP contribution in [0.5, 0.6) is 0 Å². The molecule has 0 atom stereocenters. The molecule has 0 spiro atoms. The third kappa shape index (κ3) is 32.5. The number of nitrogens with two attached hydrogens (primary N) is 1. The van der Waals surface area contributed by atoms with Crippen LogP contribution in [-0.4, -0.2) is 3.90 Å². The van der Waals surface area contributed by atoms with Crippen molar-refractivity contribution in [2.24, 2.45) is 5.73 Å². The maximum atomic E-state index is 4.76. The van der Waals surface area contributed by atoms with Gasteiger partial charge in [-0.05, 0) is 15.9 Å². The highest BCUT2D eigenvalue weighted by molar-refractivity contribution is 9.20. The van der Waals surface area contributed by atoms with Gasteiger partial charge in [0.25, 0.3) is 0 Å². The van der Waals surface area contributed by atoms with Gasteiger partial charge in [-0.2, -0.15) is 0 Å². The molecule has 24 valence electrons. The zero-order chi connectivity index (χ0) is 3.58. The molecule has 0 heterocycles. The monoisotopic (exact) mass is 139 g/mol. The quantitative estimate of drug-likeness (QED) is 0.303. The number of thiocarbonyl (C=S) groups is 1. The topological polar surface area (TPSA) is 26.0 Å². The van der Waals surface area contributed by atoms with Crippen LogP contribution in [0.3, 0.4) is 0 Å². The summed E-state index contributed by atoms with van der Waals surface area (Å²) in [6.45, 7) is 0. The fraction of sp³-hybridized carbons (Fsp3) is 0. The predicted octanol–water partition coefficient (Wildman–Crippen LogP) is 0.625. The summed E-state index contributed by atoms with van der Waals surface area (Å²) in [5, 5.41) is 0. The SMILES string of the molecule is NC(=S)Br. The van der Waals surface area contributed by atoms with Crippen molar-refractivity contribution in [2.75, 3.05) is 0 Å². The lowest BCUT2D eigenvalue weighted by atomic mass is 11.6. The summed E-state index contributed by atoms with van der Waals surface area (Å²) in [6.07, 6.45) is 0. The second-order valence-corrected chi connectivity index (χ2v) is 2.12. The summed E-state index contributed by atoms with van der Waals surface area (Å²) in [5.41, 5.74) is 4.76. The van der Waals surface area contributed by atoms with Gasteiger partial charge >= 0.3 is 0 Å². The van der Waals surface area contributed by atoms with E-state index in [1.54, 1.807) is 0 Å². The van der Waals surface area contributed by atoms with Gasteiger partial charge < -0.3 is 5.73 Å². The van der Waals surface area contributed by atoms with Crippen molar-refractivity contribution in [1.29, 1.82) is 0 Å². The summed E-state index contributed by atoms with van der Waals surface area (Å²) >= 11 is 7.01. The number of halogens is 1. The van der Waals surface area contributed by atoms with E-state index in [1.807, 2.05) is 0 Å². The fourth-order valence-corrected chi connectivity index (χ4v) is 0. The van der Waals surface area contributed by atoms with E-state index in [4.69, 9.17) is 5.73 Å². The molecule has 0 aromatic rings. The van der Waals surface area contributed by atoms with Crippen LogP contribution in [0.15, 0.2) is 0 Å². The second kappa shape index (κ2) is 1.67. The van der Waals surface area contributed by atoms with Crippen molar-refractivity contribution in [3.05, 3.63) is 0 Å². The predicted molar refractivity (Wildman–Crippen MR) is 25.7 cm³/mol. The molecule has 4 heavy (non-hydrogen) atoms. The van der Waals surface area contributed by atoms with Crippen molar-refractivity contribution >= 4 is 32.0 Å². The summed E-state index contributed by atoms with van der Waals surface area (Å²) in [7, 11) is 0. The zero-order valence-electron chi connectivity index (χ0n) is 1.86. The van der Waals surface area contributed by atoms with Crippen LogP contribution >= 0.6 is 28.1 Å². The Labute approximate surface area is 38.3 Å². The first-order chi connectivity index (χ1) is 1.73. The van der Waals surface area contributed by atoms with E-state index in [2.05, 4.69) is 28.1 Å². The lowest BCUT2D eigenvalue weighted by molar-refractivity contribution is 1.91. The van der Waals surface area contributed by atoms with E-state index in [9.17, 15) is 0 Å². The molecule has 0 aliphatic carbocycles. The minimum atomic E-state index is 0.313. The molecule has 0 saturated carbocycles. The first kappa shape index (κ1) is 4.37. The Balaban J connectivity index is 2.80. The average Bonchev–Trinajstić information content (AvgIpc) is 0.811. The molecule has 0 aliphatic heterocycles. The van der Waals surface area contributed by atoms with E-state index in [0.717, 1.165) is 0 Å². The molecule has 0 rings (SSSR count). The third-order valence-corrected chi connectivity index (χ3v) is 0. The minimum Gasteiger partial charge on any atom is -0.384 e.